The molecule has 0 saturated carbocycles. The van der Waals surface area contributed by atoms with Gasteiger partial charge in [-0.3, -0.25) is 4.90 Å². The van der Waals surface area contributed by atoms with E-state index in [2.05, 4.69) is 4.90 Å². The van der Waals surface area contributed by atoms with Crippen molar-refractivity contribution < 1.29 is 18.3 Å². The first kappa shape index (κ1) is 11.8. The van der Waals surface area contributed by atoms with E-state index in [0.717, 1.165) is 5.56 Å². The molecule has 18 heavy (non-hydrogen) atoms. The normalized spacial score (nSPS) is 26.6. The SMILES string of the molecule is O=S1(=O)CCN(C2COc3cc(O)ccc32)CC1. The predicted octanol–water partition coefficient (Wildman–Crippen LogP) is 0.556. The lowest BCUT2D eigenvalue weighted by molar-refractivity contribution is 0.174. The maximum Gasteiger partial charge on any atom is 0.152 e. The van der Waals surface area contributed by atoms with Crippen LogP contribution in [-0.2, 0) is 9.84 Å². The van der Waals surface area contributed by atoms with Crippen molar-refractivity contribution in [1.29, 1.82) is 0 Å². The molecule has 1 unspecified atom stereocenters. The lowest BCUT2D eigenvalue weighted by atomic mass is 10.1. The molecule has 2 aliphatic rings. The summed E-state index contributed by atoms with van der Waals surface area (Å²) in [6, 6.07) is 5.21. The Kier molecular flexibility index (Phi) is 2.71. The lowest BCUT2D eigenvalue weighted by Crippen LogP contribution is -2.42. The van der Waals surface area contributed by atoms with Gasteiger partial charge in [-0.05, 0) is 12.1 Å². The van der Waals surface area contributed by atoms with Crippen LogP contribution in [0.1, 0.15) is 11.6 Å². The molecule has 0 amide bonds. The van der Waals surface area contributed by atoms with Crippen LogP contribution in [0.25, 0.3) is 0 Å². The fourth-order valence-electron chi connectivity index (χ4n) is 2.52. The third kappa shape index (κ3) is 2.06. The van der Waals surface area contributed by atoms with Gasteiger partial charge in [-0.1, -0.05) is 0 Å². The zero-order valence-electron chi connectivity index (χ0n) is 9.87. The van der Waals surface area contributed by atoms with Crippen molar-refractivity contribution in [3.8, 4) is 11.5 Å². The van der Waals surface area contributed by atoms with Crippen LogP contribution in [0.2, 0.25) is 0 Å². The van der Waals surface area contributed by atoms with E-state index in [9.17, 15) is 13.5 Å². The number of aromatic hydroxyl groups is 1. The monoisotopic (exact) mass is 269 g/mol. The van der Waals surface area contributed by atoms with E-state index >= 15 is 0 Å². The standard InChI is InChI=1S/C12H15NO4S/c14-9-1-2-10-11(8-17-12(10)7-9)13-3-5-18(15,16)6-4-13/h1-2,7,11,14H,3-6,8H2. The molecule has 1 aromatic carbocycles. The van der Waals surface area contributed by atoms with Gasteiger partial charge in [0.1, 0.15) is 18.1 Å². The number of nitrogens with zero attached hydrogens (tertiary/aromatic N) is 1. The molecule has 0 radical (unpaired) electrons. The van der Waals surface area contributed by atoms with Gasteiger partial charge in [0.25, 0.3) is 0 Å². The minimum Gasteiger partial charge on any atom is -0.508 e. The van der Waals surface area contributed by atoms with E-state index in [1.165, 1.54) is 0 Å². The first-order valence-electron chi connectivity index (χ1n) is 5.95. The van der Waals surface area contributed by atoms with Crippen LogP contribution < -0.4 is 4.74 Å². The highest BCUT2D eigenvalue weighted by Gasteiger charge is 2.33. The van der Waals surface area contributed by atoms with Crippen LogP contribution in [-0.4, -0.2) is 49.6 Å². The molecule has 5 nitrogen and oxygen atoms in total. The molecule has 0 aromatic heterocycles. The Balaban J connectivity index is 1.81. The Morgan fingerprint density at radius 1 is 1.28 bits per heavy atom. The number of fused-ring (bicyclic) bond motifs is 1. The summed E-state index contributed by atoms with van der Waals surface area (Å²) in [6.07, 6.45) is 0. The maximum atomic E-state index is 11.4. The van der Waals surface area contributed by atoms with Gasteiger partial charge in [0, 0.05) is 24.7 Å². The van der Waals surface area contributed by atoms with Crippen LogP contribution in [0.4, 0.5) is 0 Å². The number of ether oxygens (including phenoxy) is 1. The molecule has 1 aromatic rings. The van der Waals surface area contributed by atoms with E-state index in [1.54, 1.807) is 12.1 Å². The number of hydrogen-bond acceptors (Lipinski definition) is 5. The lowest BCUT2D eigenvalue weighted by Gasteiger charge is -2.31. The summed E-state index contributed by atoms with van der Waals surface area (Å²) in [5, 5.41) is 9.39. The topological polar surface area (TPSA) is 66.8 Å². The predicted molar refractivity (Wildman–Crippen MR) is 66.6 cm³/mol. The van der Waals surface area contributed by atoms with Gasteiger partial charge in [-0.2, -0.15) is 0 Å². The molecule has 0 spiro atoms. The van der Waals surface area contributed by atoms with Crippen molar-refractivity contribution >= 4 is 9.84 Å². The van der Waals surface area contributed by atoms with E-state index in [1.807, 2.05) is 6.07 Å². The summed E-state index contributed by atoms with van der Waals surface area (Å²) < 4.78 is 28.4. The van der Waals surface area contributed by atoms with Crippen LogP contribution in [0.5, 0.6) is 11.5 Å². The first-order chi connectivity index (χ1) is 8.55. The molecule has 6 heteroatoms. The highest BCUT2D eigenvalue weighted by molar-refractivity contribution is 7.91. The Morgan fingerprint density at radius 2 is 2.00 bits per heavy atom. The van der Waals surface area contributed by atoms with Crippen LogP contribution in [0, 0.1) is 0 Å². The molecule has 1 saturated heterocycles. The largest absolute Gasteiger partial charge is 0.508 e. The van der Waals surface area contributed by atoms with E-state index in [0.29, 0.717) is 25.4 Å². The maximum absolute atomic E-state index is 11.4. The zero-order chi connectivity index (χ0) is 12.8. The molecular weight excluding hydrogens is 254 g/mol. The summed E-state index contributed by atoms with van der Waals surface area (Å²) in [5.74, 6) is 1.33. The van der Waals surface area contributed by atoms with Crippen molar-refractivity contribution in [1.82, 2.24) is 4.90 Å². The fourth-order valence-corrected chi connectivity index (χ4v) is 3.75. The number of phenols is 1. The van der Waals surface area contributed by atoms with Gasteiger partial charge in [0.15, 0.2) is 9.84 Å². The quantitative estimate of drug-likeness (QED) is 0.806. The first-order valence-corrected chi connectivity index (χ1v) is 7.77. The average molecular weight is 269 g/mol. The van der Waals surface area contributed by atoms with Crippen molar-refractivity contribution in [2.24, 2.45) is 0 Å². The van der Waals surface area contributed by atoms with E-state index in [-0.39, 0.29) is 23.3 Å². The van der Waals surface area contributed by atoms with Gasteiger partial charge < -0.3 is 9.84 Å². The van der Waals surface area contributed by atoms with Gasteiger partial charge in [0.2, 0.25) is 0 Å². The minimum absolute atomic E-state index is 0.107. The van der Waals surface area contributed by atoms with E-state index < -0.39 is 9.84 Å². The van der Waals surface area contributed by atoms with Crippen molar-refractivity contribution in [3.05, 3.63) is 23.8 Å². The Hall–Kier alpha value is -1.27. The second-order valence-electron chi connectivity index (χ2n) is 4.74. The molecule has 98 valence electrons. The number of rotatable bonds is 1. The molecule has 0 bridgehead atoms. The summed E-state index contributed by atoms with van der Waals surface area (Å²) in [4.78, 5) is 2.14. The fraction of sp³-hybridized carbons (Fsp3) is 0.500. The zero-order valence-corrected chi connectivity index (χ0v) is 10.7. The Labute approximate surface area is 106 Å². The smallest absolute Gasteiger partial charge is 0.152 e. The summed E-state index contributed by atoms with van der Waals surface area (Å²) in [7, 11) is -2.85. The summed E-state index contributed by atoms with van der Waals surface area (Å²) >= 11 is 0. The van der Waals surface area contributed by atoms with E-state index in [4.69, 9.17) is 4.74 Å². The number of hydrogen-bond donors (Lipinski definition) is 1. The average Bonchev–Trinajstić information content (AvgIpc) is 2.72. The molecule has 0 aliphatic carbocycles. The Morgan fingerprint density at radius 3 is 2.72 bits per heavy atom. The van der Waals surface area contributed by atoms with Crippen LogP contribution in [0.15, 0.2) is 18.2 Å². The Bertz CT molecular complexity index is 555. The van der Waals surface area contributed by atoms with Crippen molar-refractivity contribution in [2.75, 3.05) is 31.2 Å². The van der Waals surface area contributed by atoms with Gasteiger partial charge in [-0.25, -0.2) is 8.42 Å². The number of phenolic OH excluding ortho intramolecular Hbond substituents is 1. The molecule has 1 N–H and O–H groups in total. The second-order valence-corrected chi connectivity index (χ2v) is 7.04. The molecule has 1 atom stereocenters. The minimum atomic E-state index is -2.85. The van der Waals surface area contributed by atoms with Crippen molar-refractivity contribution in [3.63, 3.8) is 0 Å². The summed E-state index contributed by atoms with van der Waals surface area (Å²) in [6.45, 7) is 1.63. The molecule has 2 heterocycles. The highest BCUT2D eigenvalue weighted by atomic mass is 32.2. The molecular formula is C12H15NO4S. The van der Waals surface area contributed by atoms with Crippen molar-refractivity contribution in [2.45, 2.75) is 6.04 Å². The van der Waals surface area contributed by atoms with Gasteiger partial charge in [-0.15, -0.1) is 0 Å². The number of sulfone groups is 1. The van der Waals surface area contributed by atoms with Gasteiger partial charge in [0.05, 0.1) is 17.5 Å². The molecule has 1 fully saturated rings. The summed E-state index contributed by atoms with van der Waals surface area (Å²) in [5.41, 5.74) is 1.03. The second kappa shape index (κ2) is 4.13. The van der Waals surface area contributed by atoms with Crippen LogP contribution in [0.3, 0.4) is 0 Å². The third-order valence-corrected chi connectivity index (χ3v) is 5.18. The number of benzene rings is 1. The molecule has 2 aliphatic heterocycles. The molecule has 3 rings (SSSR count). The highest BCUT2D eigenvalue weighted by Crippen LogP contribution is 2.38. The van der Waals surface area contributed by atoms with Gasteiger partial charge >= 0.3 is 0 Å². The third-order valence-electron chi connectivity index (χ3n) is 3.57. The van der Waals surface area contributed by atoms with Crippen LogP contribution >= 0.6 is 0 Å².